The second kappa shape index (κ2) is 10.3. The largest absolute Gasteiger partial charge is 0.492 e. The van der Waals surface area contributed by atoms with Crippen LogP contribution in [0.15, 0.2) is 66.7 Å². The summed E-state index contributed by atoms with van der Waals surface area (Å²) in [6.07, 6.45) is 1.64. The van der Waals surface area contributed by atoms with E-state index in [9.17, 15) is 14.4 Å². The third kappa shape index (κ3) is 5.35. The Balaban J connectivity index is 1.54. The number of Topliss-reactive ketones (excluding diaryl/α,β-unsaturated/α-hetero) is 2. The molecule has 0 atom stereocenters. The molecule has 35 heavy (non-hydrogen) atoms. The van der Waals surface area contributed by atoms with E-state index < -0.39 is 5.41 Å². The number of hydrogen-bond donors (Lipinski definition) is 0. The summed E-state index contributed by atoms with van der Waals surface area (Å²) >= 11 is 0. The van der Waals surface area contributed by atoms with Crippen LogP contribution in [-0.2, 0) is 28.8 Å². The summed E-state index contributed by atoms with van der Waals surface area (Å²) in [7, 11) is 1.36. The molecule has 0 heterocycles. The lowest BCUT2D eigenvalue weighted by molar-refractivity contribution is -0.152. The maximum absolute atomic E-state index is 13.4. The van der Waals surface area contributed by atoms with E-state index >= 15 is 0 Å². The van der Waals surface area contributed by atoms with Crippen molar-refractivity contribution in [3.05, 3.63) is 100 Å². The van der Waals surface area contributed by atoms with Crippen LogP contribution >= 0.6 is 0 Å². The molecule has 0 aromatic heterocycles. The van der Waals surface area contributed by atoms with E-state index in [1.165, 1.54) is 19.6 Å². The van der Waals surface area contributed by atoms with E-state index in [-0.39, 0.29) is 24.0 Å². The number of methoxy groups -OCH3 is 1. The molecule has 0 saturated carbocycles. The topological polar surface area (TPSA) is 69.7 Å². The molecule has 0 fully saturated rings. The second-order valence-electron chi connectivity index (χ2n) is 9.35. The molecular formula is C30H30O5. The highest BCUT2D eigenvalue weighted by Gasteiger charge is 2.46. The molecule has 0 unspecified atom stereocenters. The monoisotopic (exact) mass is 470 g/mol. The second-order valence-corrected chi connectivity index (χ2v) is 9.35. The zero-order valence-electron chi connectivity index (χ0n) is 20.4. The first-order valence-corrected chi connectivity index (χ1v) is 11.8. The molecule has 0 bridgehead atoms. The van der Waals surface area contributed by atoms with Gasteiger partial charge in [-0.25, -0.2) is 0 Å². The van der Waals surface area contributed by atoms with E-state index in [1.54, 1.807) is 18.2 Å². The van der Waals surface area contributed by atoms with Crippen LogP contribution in [0.4, 0.5) is 0 Å². The number of carbonyl (C=O) groups is 3. The van der Waals surface area contributed by atoms with E-state index in [0.29, 0.717) is 42.7 Å². The van der Waals surface area contributed by atoms with Gasteiger partial charge in [-0.2, -0.15) is 0 Å². The lowest BCUT2D eigenvalue weighted by atomic mass is 9.78. The van der Waals surface area contributed by atoms with Crippen LogP contribution in [0, 0.1) is 12.3 Å². The van der Waals surface area contributed by atoms with Gasteiger partial charge >= 0.3 is 5.97 Å². The number of fused-ring (bicyclic) bond motifs is 1. The van der Waals surface area contributed by atoms with Crippen molar-refractivity contribution in [2.24, 2.45) is 5.41 Å². The number of ether oxygens (including phenoxy) is 2. The van der Waals surface area contributed by atoms with Crippen molar-refractivity contribution in [2.45, 2.75) is 39.5 Å². The minimum Gasteiger partial charge on any atom is -0.492 e. The Hall–Kier alpha value is -3.73. The zero-order valence-corrected chi connectivity index (χ0v) is 20.4. The molecule has 0 aliphatic heterocycles. The van der Waals surface area contributed by atoms with Gasteiger partial charge in [-0.15, -0.1) is 0 Å². The average Bonchev–Trinajstić information content (AvgIpc) is 3.22. The predicted octanol–water partition coefficient (Wildman–Crippen LogP) is 5.35. The van der Waals surface area contributed by atoms with E-state index in [4.69, 9.17) is 9.47 Å². The van der Waals surface area contributed by atoms with Gasteiger partial charge in [-0.1, -0.05) is 60.2 Å². The Morgan fingerprint density at radius 3 is 2.26 bits per heavy atom. The summed E-state index contributed by atoms with van der Waals surface area (Å²) in [6, 6.07) is 20.9. The quantitative estimate of drug-likeness (QED) is 0.311. The molecule has 1 aliphatic rings. The van der Waals surface area contributed by atoms with Gasteiger partial charge in [0.2, 0.25) is 0 Å². The number of aryl methyl sites for hydroxylation is 1. The van der Waals surface area contributed by atoms with Crippen LogP contribution in [0.1, 0.15) is 56.3 Å². The first kappa shape index (κ1) is 24.4. The molecule has 3 aromatic carbocycles. The highest BCUT2D eigenvalue weighted by atomic mass is 16.5. The van der Waals surface area contributed by atoms with Gasteiger partial charge in [0.1, 0.15) is 5.75 Å². The number of rotatable bonds is 9. The normalized spacial score (nSPS) is 13.7. The van der Waals surface area contributed by atoms with Crippen LogP contribution in [0.3, 0.4) is 0 Å². The minimum atomic E-state index is -0.930. The van der Waals surface area contributed by atoms with Gasteiger partial charge < -0.3 is 9.47 Å². The Labute approximate surface area is 206 Å². The molecule has 5 nitrogen and oxygen atoms in total. The number of benzene rings is 3. The van der Waals surface area contributed by atoms with Crippen molar-refractivity contribution >= 4 is 17.5 Å². The number of carbonyl (C=O) groups excluding carboxylic acids is 3. The lowest BCUT2D eigenvalue weighted by Crippen LogP contribution is -2.35. The summed E-state index contributed by atoms with van der Waals surface area (Å²) in [6.45, 7) is 3.90. The smallest absolute Gasteiger partial charge is 0.312 e. The molecule has 3 aromatic rings. The van der Waals surface area contributed by atoms with Gasteiger partial charge in [0.05, 0.1) is 24.7 Å². The highest BCUT2D eigenvalue weighted by Crippen LogP contribution is 2.41. The fourth-order valence-electron chi connectivity index (χ4n) is 4.91. The molecule has 180 valence electrons. The first-order chi connectivity index (χ1) is 16.8. The summed E-state index contributed by atoms with van der Waals surface area (Å²) in [5.41, 5.74) is 4.37. The Morgan fingerprint density at radius 2 is 1.63 bits per heavy atom. The Morgan fingerprint density at radius 1 is 0.914 bits per heavy atom. The Kier molecular flexibility index (Phi) is 7.15. The van der Waals surface area contributed by atoms with Crippen molar-refractivity contribution in [1.82, 2.24) is 0 Å². The van der Waals surface area contributed by atoms with E-state index in [0.717, 1.165) is 16.7 Å². The fraction of sp³-hybridized carbons (Fsp3) is 0.300. The predicted molar refractivity (Wildman–Crippen MR) is 134 cm³/mol. The van der Waals surface area contributed by atoms with E-state index in [1.807, 2.05) is 49.4 Å². The fourth-order valence-corrected chi connectivity index (χ4v) is 4.91. The average molecular weight is 471 g/mol. The van der Waals surface area contributed by atoms with Gasteiger partial charge in [-0.3, -0.25) is 14.4 Å². The zero-order chi connectivity index (χ0) is 25.0. The molecule has 0 spiro atoms. The van der Waals surface area contributed by atoms with Crippen LogP contribution < -0.4 is 4.74 Å². The van der Waals surface area contributed by atoms with Crippen molar-refractivity contribution in [1.29, 1.82) is 0 Å². The van der Waals surface area contributed by atoms with Gasteiger partial charge in [0.25, 0.3) is 0 Å². The van der Waals surface area contributed by atoms with Crippen LogP contribution in [0.2, 0.25) is 0 Å². The first-order valence-electron chi connectivity index (χ1n) is 11.8. The summed E-state index contributed by atoms with van der Waals surface area (Å²) in [4.78, 5) is 38.4. The maximum atomic E-state index is 13.4. The molecule has 0 radical (unpaired) electrons. The van der Waals surface area contributed by atoms with Gasteiger partial charge in [0, 0.05) is 18.4 Å². The van der Waals surface area contributed by atoms with Crippen LogP contribution in [0.25, 0.3) is 0 Å². The van der Waals surface area contributed by atoms with Crippen molar-refractivity contribution in [3.8, 4) is 5.75 Å². The number of esters is 1. The van der Waals surface area contributed by atoms with Gasteiger partial charge in [-0.05, 0) is 55.5 Å². The molecule has 4 rings (SSSR count). The molecular weight excluding hydrogens is 440 g/mol. The molecule has 0 saturated heterocycles. The number of ketones is 2. The van der Waals surface area contributed by atoms with Crippen molar-refractivity contribution < 1.29 is 23.9 Å². The number of hydrogen-bond acceptors (Lipinski definition) is 5. The Bertz CT molecular complexity index is 1250. The maximum Gasteiger partial charge on any atom is 0.312 e. The summed E-state index contributed by atoms with van der Waals surface area (Å²) < 4.78 is 11.1. The third-order valence-electron chi connectivity index (χ3n) is 6.71. The van der Waals surface area contributed by atoms with Crippen molar-refractivity contribution in [2.75, 3.05) is 13.7 Å². The van der Waals surface area contributed by atoms with Crippen molar-refractivity contribution in [3.63, 3.8) is 0 Å². The molecule has 0 amide bonds. The van der Waals surface area contributed by atoms with Crippen LogP contribution in [-0.4, -0.2) is 31.3 Å². The highest BCUT2D eigenvalue weighted by molar-refractivity contribution is 6.02. The minimum absolute atomic E-state index is 0.0243. The summed E-state index contributed by atoms with van der Waals surface area (Å²) in [5, 5.41) is 0. The standard InChI is InChI=1S/C30H30O5/c1-20-7-6-8-22(15-20)13-14-35-28-16-23(11-12-26(28)21(2)31)27(32)19-30(29(33)34-3)17-24-9-4-5-10-25(24)18-30/h4-12,15-16H,13-14,17-19H2,1-3H3. The molecule has 1 aliphatic carbocycles. The molecule has 0 N–H and O–H groups in total. The SMILES string of the molecule is COC(=O)C1(CC(=O)c2ccc(C(C)=O)c(OCCc3cccc(C)c3)c2)Cc2ccccc2C1. The summed E-state index contributed by atoms with van der Waals surface area (Å²) in [5.74, 6) is -0.302. The lowest BCUT2D eigenvalue weighted by Gasteiger charge is -2.25. The van der Waals surface area contributed by atoms with Gasteiger partial charge in [0.15, 0.2) is 11.6 Å². The third-order valence-corrected chi connectivity index (χ3v) is 6.71. The van der Waals surface area contributed by atoms with Crippen LogP contribution in [0.5, 0.6) is 5.75 Å². The van der Waals surface area contributed by atoms with E-state index in [2.05, 4.69) is 6.07 Å². The molecule has 5 heteroatoms.